The highest BCUT2D eigenvalue weighted by atomic mass is 32.2. The summed E-state index contributed by atoms with van der Waals surface area (Å²) >= 11 is 3.14. The number of hydrogen-bond donors (Lipinski definition) is 1. The maximum atomic E-state index is 12.2. The third-order valence-corrected chi connectivity index (χ3v) is 5.89. The van der Waals surface area contributed by atoms with Gasteiger partial charge in [0.1, 0.15) is 0 Å². The van der Waals surface area contributed by atoms with Gasteiger partial charge in [-0.25, -0.2) is 4.98 Å². The van der Waals surface area contributed by atoms with Gasteiger partial charge in [0, 0.05) is 19.7 Å². The number of nitrogens with zero attached hydrogens (tertiary/aromatic N) is 2. The van der Waals surface area contributed by atoms with Crippen LogP contribution in [0.2, 0.25) is 0 Å². The van der Waals surface area contributed by atoms with E-state index < -0.39 is 0 Å². The number of thiazole rings is 1. The number of fused-ring (bicyclic) bond motifs is 1. The molecule has 1 N–H and O–H groups in total. The monoisotopic (exact) mass is 322 g/mol. The predicted molar refractivity (Wildman–Crippen MR) is 86.7 cm³/mol. The van der Waals surface area contributed by atoms with Crippen LogP contribution in [0.25, 0.3) is 10.2 Å². The quantitative estimate of drug-likeness (QED) is 0.879. The zero-order valence-electron chi connectivity index (χ0n) is 11.7. The minimum Gasteiger partial charge on any atom is -0.396 e. The van der Waals surface area contributed by atoms with Gasteiger partial charge in [0.15, 0.2) is 4.34 Å². The first-order valence-corrected chi connectivity index (χ1v) is 8.93. The first-order valence-electron chi connectivity index (χ1n) is 7.13. The van der Waals surface area contributed by atoms with Gasteiger partial charge in [0.25, 0.3) is 0 Å². The van der Waals surface area contributed by atoms with E-state index in [0.717, 1.165) is 33.9 Å². The molecule has 1 aliphatic rings. The van der Waals surface area contributed by atoms with Gasteiger partial charge < -0.3 is 10.0 Å². The van der Waals surface area contributed by atoms with Gasteiger partial charge in [-0.05, 0) is 30.9 Å². The van der Waals surface area contributed by atoms with Crippen molar-refractivity contribution in [3.05, 3.63) is 24.3 Å². The highest BCUT2D eigenvalue weighted by molar-refractivity contribution is 8.01. The summed E-state index contributed by atoms with van der Waals surface area (Å²) < 4.78 is 2.10. The number of piperidine rings is 1. The Morgan fingerprint density at radius 2 is 2.33 bits per heavy atom. The summed E-state index contributed by atoms with van der Waals surface area (Å²) in [6, 6.07) is 8.02. The molecule has 3 rings (SSSR count). The average Bonchev–Trinajstić information content (AvgIpc) is 2.95. The molecule has 2 aromatic rings. The molecule has 21 heavy (non-hydrogen) atoms. The van der Waals surface area contributed by atoms with E-state index in [0.29, 0.717) is 12.3 Å². The second-order valence-electron chi connectivity index (χ2n) is 5.27. The Balaban J connectivity index is 1.57. The molecule has 0 spiro atoms. The fourth-order valence-corrected chi connectivity index (χ4v) is 4.54. The third kappa shape index (κ3) is 3.56. The summed E-state index contributed by atoms with van der Waals surface area (Å²) in [4.78, 5) is 18.7. The predicted octanol–water partition coefficient (Wildman–Crippen LogP) is 2.62. The van der Waals surface area contributed by atoms with Gasteiger partial charge in [-0.2, -0.15) is 0 Å². The summed E-state index contributed by atoms with van der Waals surface area (Å²) in [7, 11) is 0. The average molecular weight is 322 g/mol. The maximum Gasteiger partial charge on any atom is 0.233 e. The SMILES string of the molecule is O=C(CSc1nc2ccccc2s1)N1CCCC(CO)C1. The van der Waals surface area contributed by atoms with Crippen LogP contribution in [0, 0.1) is 5.92 Å². The maximum absolute atomic E-state index is 12.2. The van der Waals surface area contributed by atoms with Crippen LogP contribution in [0.1, 0.15) is 12.8 Å². The zero-order chi connectivity index (χ0) is 14.7. The number of hydrogen-bond acceptors (Lipinski definition) is 5. The molecule has 1 unspecified atom stereocenters. The molecule has 1 fully saturated rings. The summed E-state index contributed by atoms with van der Waals surface area (Å²) in [6.07, 6.45) is 2.01. The van der Waals surface area contributed by atoms with Gasteiger partial charge in [0.05, 0.1) is 16.0 Å². The molecule has 6 heteroatoms. The Kier molecular flexibility index (Phi) is 4.77. The molecule has 112 valence electrons. The third-order valence-electron chi connectivity index (χ3n) is 3.72. The van der Waals surface area contributed by atoms with Gasteiger partial charge in [-0.3, -0.25) is 4.79 Å². The molecular formula is C15H18N2O2S2. The number of aromatic nitrogens is 1. The van der Waals surface area contributed by atoms with Crippen molar-refractivity contribution in [1.29, 1.82) is 0 Å². The fourth-order valence-electron chi connectivity index (χ4n) is 2.57. The lowest BCUT2D eigenvalue weighted by molar-refractivity contribution is -0.130. The summed E-state index contributed by atoms with van der Waals surface area (Å²) in [5.74, 6) is 0.824. The molecule has 0 bridgehead atoms. The number of likely N-dealkylation sites (tertiary alicyclic amines) is 1. The molecular weight excluding hydrogens is 304 g/mol. The van der Waals surface area contributed by atoms with E-state index in [1.807, 2.05) is 23.1 Å². The molecule has 1 amide bonds. The number of carbonyl (C=O) groups is 1. The molecule has 0 saturated carbocycles. The van der Waals surface area contributed by atoms with Crippen LogP contribution in [0.5, 0.6) is 0 Å². The van der Waals surface area contributed by atoms with Gasteiger partial charge in [-0.15, -0.1) is 11.3 Å². The van der Waals surface area contributed by atoms with Gasteiger partial charge in [-0.1, -0.05) is 23.9 Å². The number of aliphatic hydroxyl groups is 1. The number of amides is 1. The van der Waals surface area contributed by atoms with E-state index in [9.17, 15) is 9.90 Å². The molecule has 1 aromatic carbocycles. The van der Waals surface area contributed by atoms with E-state index in [2.05, 4.69) is 11.1 Å². The minimum atomic E-state index is 0.150. The largest absolute Gasteiger partial charge is 0.396 e. The Hall–Kier alpha value is -1.11. The van der Waals surface area contributed by atoms with Crippen molar-refractivity contribution in [2.45, 2.75) is 17.2 Å². The van der Waals surface area contributed by atoms with Crippen molar-refractivity contribution >= 4 is 39.2 Å². The molecule has 1 aliphatic heterocycles. The normalized spacial score (nSPS) is 19.1. The number of para-hydroxylation sites is 1. The molecule has 4 nitrogen and oxygen atoms in total. The van der Waals surface area contributed by atoms with Crippen LogP contribution >= 0.6 is 23.1 Å². The van der Waals surface area contributed by atoms with Crippen molar-refractivity contribution < 1.29 is 9.90 Å². The molecule has 0 aliphatic carbocycles. The van der Waals surface area contributed by atoms with Crippen LogP contribution in [0.4, 0.5) is 0 Å². The number of carbonyl (C=O) groups excluding carboxylic acids is 1. The lowest BCUT2D eigenvalue weighted by Crippen LogP contribution is -2.41. The Morgan fingerprint density at radius 3 is 3.14 bits per heavy atom. The fraction of sp³-hybridized carbons (Fsp3) is 0.467. The number of rotatable bonds is 4. The standard InChI is InChI=1S/C15H18N2O2S2/c18-9-11-4-3-7-17(8-11)14(19)10-20-15-16-12-5-1-2-6-13(12)21-15/h1-2,5-6,11,18H,3-4,7-10H2. The van der Waals surface area contributed by atoms with E-state index in [-0.39, 0.29) is 18.4 Å². The zero-order valence-corrected chi connectivity index (χ0v) is 13.3. The molecule has 2 heterocycles. The smallest absolute Gasteiger partial charge is 0.233 e. The van der Waals surface area contributed by atoms with Crippen molar-refractivity contribution in [2.24, 2.45) is 5.92 Å². The lowest BCUT2D eigenvalue weighted by Gasteiger charge is -2.31. The Labute approximate surface area is 132 Å². The van der Waals surface area contributed by atoms with E-state index in [1.54, 1.807) is 11.3 Å². The number of thioether (sulfide) groups is 1. The Morgan fingerprint density at radius 1 is 1.48 bits per heavy atom. The minimum absolute atomic E-state index is 0.150. The van der Waals surface area contributed by atoms with Crippen LogP contribution in [-0.4, -0.2) is 46.3 Å². The second kappa shape index (κ2) is 6.77. The molecule has 1 saturated heterocycles. The van der Waals surface area contributed by atoms with Crippen LogP contribution in [-0.2, 0) is 4.79 Å². The molecule has 1 aromatic heterocycles. The van der Waals surface area contributed by atoms with Crippen LogP contribution < -0.4 is 0 Å². The van der Waals surface area contributed by atoms with Gasteiger partial charge in [0.2, 0.25) is 5.91 Å². The van der Waals surface area contributed by atoms with E-state index in [4.69, 9.17) is 0 Å². The summed E-state index contributed by atoms with van der Waals surface area (Å²) in [5.41, 5.74) is 0.996. The lowest BCUT2D eigenvalue weighted by atomic mass is 9.99. The molecule has 0 radical (unpaired) electrons. The number of benzene rings is 1. The summed E-state index contributed by atoms with van der Waals surface area (Å²) in [6.45, 7) is 1.68. The summed E-state index contributed by atoms with van der Waals surface area (Å²) in [5, 5.41) is 9.23. The van der Waals surface area contributed by atoms with Crippen molar-refractivity contribution in [2.75, 3.05) is 25.4 Å². The van der Waals surface area contributed by atoms with Gasteiger partial charge >= 0.3 is 0 Å². The van der Waals surface area contributed by atoms with Crippen molar-refractivity contribution in [1.82, 2.24) is 9.88 Å². The Bertz CT molecular complexity index is 596. The topological polar surface area (TPSA) is 53.4 Å². The highest BCUT2D eigenvalue weighted by Gasteiger charge is 2.23. The van der Waals surface area contributed by atoms with Crippen LogP contribution in [0.15, 0.2) is 28.6 Å². The van der Waals surface area contributed by atoms with E-state index >= 15 is 0 Å². The first kappa shape index (κ1) is 14.8. The molecule has 1 atom stereocenters. The second-order valence-corrected chi connectivity index (χ2v) is 7.52. The van der Waals surface area contributed by atoms with E-state index in [1.165, 1.54) is 11.8 Å². The van der Waals surface area contributed by atoms with Crippen LogP contribution in [0.3, 0.4) is 0 Å². The highest BCUT2D eigenvalue weighted by Crippen LogP contribution is 2.29. The van der Waals surface area contributed by atoms with Crippen molar-refractivity contribution in [3.63, 3.8) is 0 Å². The first-order chi connectivity index (χ1) is 10.3. The van der Waals surface area contributed by atoms with Crippen molar-refractivity contribution in [3.8, 4) is 0 Å². The number of aliphatic hydroxyl groups excluding tert-OH is 1.